The summed E-state index contributed by atoms with van der Waals surface area (Å²) >= 11 is 5.18. The number of hydrogen-bond donors (Lipinski definition) is 0. The Balaban J connectivity index is 2.30. The van der Waals surface area contributed by atoms with E-state index < -0.39 is 0 Å². The highest BCUT2D eigenvalue weighted by molar-refractivity contribution is 9.11. The minimum absolute atomic E-state index is 0.222. The molecule has 4 heteroatoms. The van der Waals surface area contributed by atoms with E-state index in [0.29, 0.717) is 6.54 Å². The molecule has 0 saturated heterocycles. The first kappa shape index (κ1) is 11.9. The summed E-state index contributed by atoms with van der Waals surface area (Å²) in [5.41, 5.74) is 0. The summed E-state index contributed by atoms with van der Waals surface area (Å²) in [5.74, 6) is 0.222. The van der Waals surface area contributed by atoms with Gasteiger partial charge in [0.25, 0.3) is 0 Å². The maximum absolute atomic E-state index is 10.8. The van der Waals surface area contributed by atoms with Crippen molar-refractivity contribution in [3.63, 3.8) is 0 Å². The van der Waals surface area contributed by atoms with Crippen LogP contribution in [0.15, 0.2) is 15.9 Å². The van der Waals surface area contributed by atoms with Gasteiger partial charge < -0.3 is 0 Å². The zero-order chi connectivity index (χ0) is 10.6. The van der Waals surface area contributed by atoms with Crippen molar-refractivity contribution in [3.05, 3.63) is 20.8 Å². The number of rotatable bonds is 5. The van der Waals surface area contributed by atoms with E-state index >= 15 is 0 Å². The van der Waals surface area contributed by atoms with Crippen LogP contribution in [0, 0.1) is 0 Å². The van der Waals surface area contributed by atoms with Crippen molar-refractivity contribution in [2.45, 2.75) is 13.3 Å². The van der Waals surface area contributed by atoms with Crippen LogP contribution in [0.4, 0.5) is 0 Å². The van der Waals surface area contributed by atoms with E-state index in [0.717, 1.165) is 13.0 Å². The highest BCUT2D eigenvalue weighted by Crippen LogP contribution is 2.22. The smallest absolute Gasteiger partial charge is 0.143 e. The van der Waals surface area contributed by atoms with Crippen LogP contribution < -0.4 is 0 Å². The predicted molar refractivity (Wildman–Crippen MR) is 63.9 cm³/mol. The fraction of sp³-hybridized carbons (Fsp3) is 0.500. The van der Waals surface area contributed by atoms with Gasteiger partial charge in [0.1, 0.15) is 5.78 Å². The molecule has 0 N–H and O–H groups in total. The van der Waals surface area contributed by atoms with E-state index in [2.05, 4.69) is 33.0 Å². The van der Waals surface area contributed by atoms with Gasteiger partial charge in [-0.2, -0.15) is 0 Å². The largest absolute Gasteiger partial charge is 0.299 e. The number of carbonyl (C=O) groups is 1. The van der Waals surface area contributed by atoms with Gasteiger partial charge in [-0.1, -0.05) is 0 Å². The molecule has 0 fully saturated rings. The highest BCUT2D eigenvalue weighted by atomic mass is 79.9. The number of carbonyl (C=O) groups excluding carboxylic acids is 1. The summed E-state index contributed by atoms with van der Waals surface area (Å²) in [5, 5.41) is 0. The molecule has 14 heavy (non-hydrogen) atoms. The summed E-state index contributed by atoms with van der Waals surface area (Å²) < 4.78 is 1.17. The summed E-state index contributed by atoms with van der Waals surface area (Å²) in [6.45, 7) is 3.11. The zero-order valence-electron chi connectivity index (χ0n) is 8.42. The second-order valence-electron chi connectivity index (χ2n) is 3.40. The van der Waals surface area contributed by atoms with Crippen molar-refractivity contribution in [3.8, 4) is 0 Å². The second-order valence-corrected chi connectivity index (χ2v) is 5.94. The monoisotopic (exact) mass is 275 g/mol. The van der Waals surface area contributed by atoms with E-state index in [1.807, 2.05) is 7.05 Å². The molecule has 0 saturated carbocycles. The lowest BCUT2D eigenvalue weighted by atomic mass is 10.3. The lowest BCUT2D eigenvalue weighted by molar-refractivity contribution is -0.117. The van der Waals surface area contributed by atoms with E-state index in [4.69, 9.17) is 0 Å². The Labute approximate surface area is 97.1 Å². The normalized spacial score (nSPS) is 10.9. The molecule has 78 valence electrons. The standard InChI is InChI=1S/C10H14BrNOS/c1-8(13)7-12(2)6-5-9-3-4-10(11)14-9/h3-4H,5-7H2,1-2H3. The zero-order valence-corrected chi connectivity index (χ0v) is 10.8. The van der Waals surface area contributed by atoms with E-state index in [9.17, 15) is 4.79 Å². The summed E-state index contributed by atoms with van der Waals surface area (Å²) in [6.07, 6.45) is 1.01. The molecule has 2 nitrogen and oxygen atoms in total. The second kappa shape index (κ2) is 5.63. The minimum Gasteiger partial charge on any atom is -0.299 e. The van der Waals surface area contributed by atoms with Crippen LogP contribution in [0.1, 0.15) is 11.8 Å². The average molecular weight is 276 g/mol. The van der Waals surface area contributed by atoms with Crippen molar-refractivity contribution >= 4 is 33.0 Å². The molecule has 0 aliphatic carbocycles. The van der Waals surface area contributed by atoms with Gasteiger partial charge in [-0.25, -0.2) is 0 Å². The molecule has 0 amide bonds. The van der Waals surface area contributed by atoms with Gasteiger partial charge in [-0.15, -0.1) is 11.3 Å². The Morgan fingerprint density at radius 3 is 2.79 bits per heavy atom. The van der Waals surface area contributed by atoms with Gasteiger partial charge in [0.15, 0.2) is 0 Å². The van der Waals surface area contributed by atoms with Gasteiger partial charge in [0.05, 0.1) is 10.3 Å². The Bertz CT molecular complexity index is 311. The van der Waals surface area contributed by atoms with Crippen LogP contribution in [0.5, 0.6) is 0 Å². The molecule has 0 radical (unpaired) electrons. The van der Waals surface area contributed by atoms with E-state index in [1.165, 1.54) is 8.66 Å². The van der Waals surface area contributed by atoms with Gasteiger partial charge >= 0.3 is 0 Å². The van der Waals surface area contributed by atoms with Crippen LogP contribution in [-0.2, 0) is 11.2 Å². The fourth-order valence-corrected chi connectivity index (χ4v) is 2.72. The number of thiophene rings is 1. The molecule has 0 spiro atoms. The number of likely N-dealkylation sites (N-methyl/N-ethyl adjacent to an activating group) is 1. The number of halogens is 1. The maximum Gasteiger partial charge on any atom is 0.143 e. The highest BCUT2D eigenvalue weighted by Gasteiger charge is 2.03. The minimum atomic E-state index is 0.222. The number of nitrogens with zero attached hydrogens (tertiary/aromatic N) is 1. The molecule has 0 aliphatic heterocycles. The Morgan fingerprint density at radius 1 is 1.57 bits per heavy atom. The molecule has 0 aliphatic rings. The van der Waals surface area contributed by atoms with Crippen molar-refractivity contribution in [1.29, 1.82) is 0 Å². The lowest BCUT2D eigenvalue weighted by Crippen LogP contribution is -2.26. The molecule has 1 heterocycles. The molecular weight excluding hydrogens is 262 g/mol. The fourth-order valence-electron chi connectivity index (χ4n) is 1.25. The van der Waals surface area contributed by atoms with Crippen LogP contribution in [0.2, 0.25) is 0 Å². The molecule has 1 aromatic rings. The van der Waals surface area contributed by atoms with Gasteiger partial charge in [0.2, 0.25) is 0 Å². The first-order valence-electron chi connectivity index (χ1n) is 4.50. The first-order chi connectivity index (χ1) is 6.58. The third kappa shape index (κ3) is 4.35. The SMILES string of the molecule is CC(=O)CN(C)CCc1ccc(Br)s1. The molecule has 0 unspecified atom stereocenters. The number of ketones is 1. The molecule has 1 aromatic heterocycles. The first-order valence-corrected chi connectivity index (χ1v) is 6.11. The van der Waals surface area contributed by atoms with Crippen LogP contribution in [-0.4, -0.2) is 30.8 Å². The number of Topliss-reactive ketones (excluding diaryl/α,β-unsaturated/α-hetero) is 1. The maximum atomic E-state index is 10.8. The quantitative estimate of drug-likeness (QED) is 0.823. The van der Waals surface area contributed by atoms with Gasteiger partial charge in [-0.3, -0.25) is 9.69 Å². The molecule has 0 aromatic carbocycles. The van der Waals surface area contributed by atoms with Crippen molar-refractivity contribution in [2.24, 2.45) is 0 Å². The topological polar surface area (TPSA) is 20.3 Å². The molecule has 0 bridgehead atoms. The third-order valence-electron chi connectivity index (χ3n) is 1.86. The summed E-state index contributed by atoms with van der Waals surface area (Å²) in [7, 11) is 1.98. The van der Waals surface area contributed by atoms with Crippen molar-refractivity contribution in [2.75, 3.05) is 20.1 Å². The molecular formula is C10H14BrNOS. The van der Waals surface area contributed by atoms with Crippen LogP contribution in [0.3, 0.4) is 0 Å². The molecule has 0 atom stereocenters. The van der Waals surface area contributed by atoms with Crippen LogP contribution >= 0.6 is 27.3 Å². The average Bonchev–Trinajstić information content (AvgIpc) is 2.47. The lowest BCUT2D eigenvalue weighted by Gasteiger charge is -2.13. The van der Waals surface area contributed by atoms with Gasteiger partial charge in [0, 0.05) is 11.4 Å². The predicted octanol–water partition coefficient (Wildman–Crippen LogP) is 2.57. The van der Waals surface area contributed by atoms with Crippen LogP contribution in [0.25, 0.3) is 0 Å². The third-order valence-corrected chi connectivity index (χ3v) is 3.54. The summed E-state index contributed by atoms with van der Waals surface area (Å²) in [4.78, 5) is 14.2. The Morgan fingerprint density at radius 2 is 2.29 bits per heavy atom. The Kier molecular flexibility index (Phi) is 4.78. The van der Waals surface area contributed by atoms with E-state index in [-0.39, 0.29) is 5.78 Å². The van der Waals surface area contributed by atoms with Crippen molar-refractivity contribution < 1.29 is 4.79 Å². The molecule has 1 rings (SSSR count). The summed E-state index contributed by atoms with van der Waals surface area (Å²) in [6, 6.07) is 4.18. The Hall–Kier alpha value is -0.190. The van der Waals surface area contributed by atoms with E-state index in [1.54, 1.807) is 18.3 Å². The van der Waals surface area contributed by atoms with Gasteiger partial charge in [-0.05, 0) is 48.5 Å². The number of hydrogen-bond acceptors (Lipinski definition) is 3. The van der Waals surface area contributed by atoms with Crippen molar-refractivity contribution in [1.82, 2.24) is 4.90 Å².